The predicted octanol–water partition coefficient (Wildman–Crippen LogP) is 4.88. The number of alkyl halides is 3. The van der Waals surface area contributed by atoms with Crippen molar-refractivity contribution in [2.75, 3.05) is 7.11 Å². The number of benzene rings is 1. The number of rotatable bonds is 4. The summed E-state index contributed by atoms with van der Waals surface area (Å²) in [6.45, 7) is 0. The molecule has 0 bridgehead atoms. The number of H-pyrrole nitrogens is 1. The van der Waals surface area contributed by atoms with Crippen LogP contribution in [0.5, 0.6) is 5.75 Å². The van der Waals surface area contributed by atoms with E-state index in [-0.39, 0.29) is 5.69 Å². The molecule has 2 heterocycles. The third-order valence-electron chi connectivity index (χ3n) is 3.55. The van der Waals surface area contributed by atoms with E-state index in [0.717, 1.165) is 6.07 Å². The van der Waals surface area contributed by atoms with E-state index >= 15 is 0 Å². The SMILES string of the molecule is COc1ccc(-c2ccc(C=Cc3cc(C(F)(F)F)[nH]c(=O)n3)o2)cc1Cl. The lowest BCUT2D eigenvalue weighted by Crippen LogP contribution is -2.19. The smallest absolute Gasteiger partial charge is 0.431 e. The lowest BCUT2D eigenvalue weighted by atomic mass is 10.2. The van der Waals surface area contributed by atoms with Crippen molar-refractivity contribution in [2.45, 2.75) is 6.18 Å². The van der Waals surface area contributed by atoms with Crippen LogP contribution >= 0.6 is 11.6 Å². The van der Waals surface area contributed by atoms with E-state index in [1.54, 1.807) is 35.3 Å². The summed E-state index contributed by atoms with van der Waals surface area (Å²) in [5.74, 6) is 1.40. The Morgan fingerprint density at radius 1 is 1.19 bits per heavy atom. The molecule has 1 N–H and O–H groups in total. The molecule has 0 saturated heterocycles. The highest BCUT2D eigenvalue weighted by Gasteiger charge is 2.32. The van der Waals surface area contributed by atoms with Crippen LogP contribution in [0.4, 0.5) is 13.2 Å². The molecule has 0 amide bonds. The largest absolute Gasteiger partial charge is 0.495 e. The van der Waals surface area contributed by atoms with E-state index in [1.165, 1.54) is 19.3 Å². The Morgan fingerprint density at radius 3 is 2.63 bits per heavy atom. The topological polar surface area (TPSA) is 68.1 Å². The lowest BCUT2D eigenvalue weighted by Gasteiger charge is -2.05. The number of aromatic amines is 1. The van der Waals surface area contributed by atoms with Gasteiger partial charge in [0.15, 0.2) is 0 Å². The quantitative estimate of drug-likeness (QED) is 0.682. The van der Waals surface area contributed by atoms with E-state index < -0.39 is 17.6 Å². The summed E-state index contributed by atoms with van der Waals surface area (Å²) >= 11 is 6.08. The van der Waals surface area contributed by atoms with Crippen molar-refractivity contribution >= 4 is 23.8 Å². The van der Waals surface area contributed by atoms with Crippen molar-refractivity contribution < 1.29 is 22.3 Å². The summed E-state index contributed by atoms with van der Waals surface area (Å²) < 4.78 is 48.9. The Morgan fingerprint density at radius 2 is 1.96 bits per heavy atom. The van der Waals surface area contributed by atoms with Gasteiger partial charge in [-0.2, -0.15) is 18.2 Å². The molecule has 3 aromatic rings. The van der Waals surface area contributed by atoms with Gasteiger partial charge in [-0.3, -0.25) is 0 Å². The maximum absolute atomic E-state index is 12.7. The van der Waals surface area contributed by atoms with Crippen molar-refractivity contribution in [1.82, 2.24) is 9.97 Å². The minimum Gasteiger partial charge on any atom is -0.495 e. The third kappa shape index (κ3) is 4.40. The van der Waals surface area contributed by atoms with Gasteiger partial charge in [-0.25, -0.2) is 4.79 Å². The first-order chi connectivity index (χ1) is 12.8. The summed E-state index contributed by atoms with van der Waals surface area (Å²) in [4.78, 5) is 16.4. The Bertz CT molecular complexity index is 1050. The fraction of sp³-hybridized carbons (Fsp3) is 0.111. The molecule has 0 atom stereocenters. The molecule has 140 valence electrons. The molecule has 0 radical (unpaired) electrons. The summed E-state index contributed by atoms with van der Waals surface area (Å²) in [5.41, 5.74) is -1.70. The number of methoxy groups -OCH3 is 1. The molecule has 0 saturated carbocycles. The van der Waals surface area contributed by atoms with Gasteiger partial charge in [0.05, 0.1) is 17.8 Å². The molecule has 27 heavy (non-hydrogen) atoms. The van der Waals surface area contributed by atoms with Gasteiger partial charge in [0.1, 0.15) is 23.0 Å². The molecule has 0 aliphatic rings. The van der Waals surface area contributed by atoms with Crippen LogP contribution in [-0.4, -0.2) is 17.1 Å². The van der Waals surface area contributed by atoms with Crippen LogP contribution in [0.3, 0.4) is 0 Å². The zero-order valence-electron chi connectivity index (χ0n) is 13.8. The second-order valence-electron chi connectivity index (χ2n) is 5.41. The van der Waals surface area contributed by atoms with E-state index in [0.29, 0.717) is 27.9 Å². The Hall–Kier alpha value is -3.00. The summed E-state index contributed by atoms with van der Waals surface area (Å²) in [7, 11) is 1.50. The fourth-order valence-electron chi connectivity index (χ4n) is 2.30. The molecular weight excluding hydrogens is 385 g/mol. The highest BCUT2D eigenvalue weighted by Crippen LogP contribution is 2.31. The van der Waals surface area contributed by atoms with E-state index in [9.17, 15) is 18.0 Å². The van der Waals surface area contributed by atoms with E-state index in [1.807, 2.05) is 0 Å². The number of nitrogens with one attached hydrogen (secondary N) is 1. The van der Waals surface area contributed by atoms with Crippen LogP contribution in [0, 0.1) is 0 Å². The van der Waals surface area contributed by atoms with Crippen molar-refractivity contribution in [2.24, 2.45) is 0 Å². The van der Waals surface area contributed by atoms with Crippen molar-refractivity contribution in [1.29, 1.82) is 0 Å². The van der Waals surface area contributed by atoms with E-state index in [4.69, 9.17) is 20.8 Å². The number of ether oxygens (including phenoxy) is 1. The third-order valence-corrected chi connectivity index (χ3v) is 3.85. The molecule has 0 unspecified atom stereocenters. The Labute approximate surface area is 156 Å². The van der Waals surface area contributed by atoms with Crippen molar-refractivity contribution in [3.63, 3.8) is 0 Å². The molecule has 2 aromatic heterocycles. The first-order valence-corrected chi connectivity index (χ1v) is 7.94. The normalized spacial score (nSPS) is 11.9. The number of aromatic nitrogens is 2. The van der Waals surface area contributed by atoms with E-state index in [2.05, 4.69) is 4.98 Å². The molecule has 9 heteroatoms. The lowest BCUT2D eigenvalue weighted by molar-refractivity contribution is -0.141. The zero-order chi connectivity index (χ0) is 19.6. The molecule has 1 aromatic carbocycles. The summed E-state index contributed by atoms with van der Waals surface area (Å²) in [6.07, 6.45) is -2.00. The minimum atomic E-state index is -4.67. The van der Waals surface area contributed by atoms with Gasteiger partial charge in [-0.1, -0.05) is 11.6 Å². The molecule has 0 spiro atoms. The van der Waals surface area contributed by atoms with Crippen molar-refractivity contribution in [3.05, 3.63) is 69.1 Å². The second kappa shape index (κ2) is 7.32. The summed E-state index contributed by atoms with van der Waals surface area (Å²) in [5, 5.41) is 0.413. The highest BCUT2D eigenvalue weighted by atomic mass is 35.5. The molecule has 5 nitrogen and oxygen atoms in total. The van der Waals surface area contributed by atoms with Gasteiger partial charge in [0.2, 0.25) is 0 Å². The minimum absolute atomic E-state index is 0.142. The first kappa shape index (κ1) is 18.8. The van der Waals surface area contributed by atoms with Crippen LogP contribution in [0.15, 0.2) is 45.6 Å². The number of halogens is 4. The number of hydrogen-bond donors (Lipinski definition) is 1. The monoisotopic (exact) mass is 396 g/mol. The molecule has 0 aliphatic heterocycles. The molecule has 0 fully saturated rings. The maximum Gasteiger partial charge on any atom is 0.431 e. The summed E-state index contributed by atoms with van der Waals surface area (Å²) in [6, 6.07) is 9.16. The Balaban J connectivity index is 1.85. The fourth-order valence-corrected chi connectivity index (χ4v) is 2.56. The number of hydrogen-bond acceptors (Lipinski definition) is 4. The van der Waals surface area contributed by atoms with Gasteiger partial charge >= 0.3 is 11.9 Å². The van der Waals surface area contributed by atoms with Gasteiger partial charge in [-0.15, -0.1) is 0 Å². The first-order valence-electron chi connectivity index (χ1n) is 7.56. The average molecular weight is 397 g/mol. The molecule has 3 rings (SSSR count). The van der Waals surface area contributed by atoms with Gasteiger partial charge in [0, 0.05) is 5.56 Å². The van der Waals surface area contributed by atoms with Crippen LogP contribution in [0.25, 0.3) is 23.5 Å². The second-order valence-corrected chi connectivity index (χ2v) is 5.81. The predicted molar refractivity (Wildman–Crippen MR) is 94.5 cm³/mol. The van der Waals surface area contributed by atoms with Crippen LogP contribution in [0.2, 0.25) is 5.02 Å². The number of nitrogens with zero attached hydrogens (tertiary/aromatic N) is 1. The maximum atomic E-state index is 12.7. The molecular formula is C18H12ClF3N2O3. The van der Waals surface area contributed by atoms with Gasteiger partial charge in [0.25, 0.3) is 0 Å². The zero-order valence-corrected chi connectivity index (χ0v) is 14.6. The Kier molecular flexibility index (Phi) is 5.09. The van der Waals surface area contributed by atoms with Crippen molar-refractivity contribution in [3.8, 4) is 17.1 Å². The van der Waals surface area contributed by atoms with Crippen LogP contribution in [-0.2, 0) is 6.18 Å². The molecule has 0 aliphatic carbocycles. The van der Waals surface area contributed by atoms with Crippen LogP contribution in [0.1, 0.15) is 17.1 Å². The van der Waals surface area contributed by atoms with Crippen LogP contribution < -0.4 is 10.4 Å². The number of furan rings is 1. The standard InChI is InChI=1S/C18H12ClF3N2O3/c1-26-15-6-2-10(8-13(15)19)14-7-5-12(27-14)4-3-11-9-16(18(20,21)22)24-17(25)23-11/h2-9H,1H3,(H,23,24,25). The van der Waals surface area contributed by atoms with Gasteiger partial charge < -0.3 is 14.1 Å². The average Bonchev–Trinajstić information content (AvgIpc) is 3.08. The highest BCUT2D eigenvalue weighted by molar-refractivity contribution is 6.32. The van der Waals surface area contributed by atoms with Gasteiger partial charge in [-0.05, 0) is 48.6 Å².